The summed E-state index contributed by atoms with van der Waals surface area (Å²) in [5.74, 6) is 0. The van der Waals surface area contributed by atoms with Gasteiger partial charge in [0.1, 0.15) is 12.2 Å². The van der Waals surface area contributed by atoms with E-state index in [-0.39, 0.29) is 26.4 Å². The Labute approximate surface area is 142 Å². The Morgan fingerprint density at radius 3 is 1.25 bits per heavy atom. The van der Waals surface area contributed by atoms with Gasteiger partial charge in [0.05, 0.1) is 37.8 Å². The summed E-state index contributed by atoms with van der Waals surface area (Å²) >= 11 is 0. The van der Waals surface area contributed by atoms with E-state index in [1.54, 1.807) is 27.7 Å². The predicted molar refractivity (Wildman–Crippen MR) is 88.4 cm³/mol. The van der Waals surface area contributed by atoms with Gasteiger partial charge in [-0.25, -0.2) is 13.7 Å². The van der Waals surface area contributed by atoms with E-state index in [0.29, 0.717) is 0 Å². The molecule has 0 aliphatic rings. The molecule has 0 amide bonds. The molecule has 0 aromatic heterocycles. The van der Waals surface area contributed by atoms with Crippen molar-refractivity contribution in [2.24, 2.45) is 0 Å². The van der Waals surface area contributed by atoms with Gasteiger partial charge in [-0.3, -0.25) is 18.1 Å². The van der Waals surface area contributed by atoms with Crippen molar-refractivity contribution in [1.82, 2.24) is 0 Å². The lowest BCUT2D eigenvalue weighted by molar-refractivity contribution is 0.229. The van der Waals surface area contributed by atoms with Gasteiger partial charge in [0.2, 0.25) is 0 Å². The highest BCUT2D eigenvalue weighted by Crippen LogP contribution is 2.47. The van der Waals surface area contributed by atoms with E-state index in [1.165, 1.54) is 0 Å². The first-order valence-electron chi connectivity index (χ1n) is 7.05. The van der Waals surface area contributed by atoms with Gasteiger partial charge in [-0.05, 0) is 27.7 Å². The highest BCUT2D eigenvalue weighted by Gasteiger charge is 2.21. The molecule has 24 heavy (non-hydrogen) atoms. The fraction of sp³-hybridized carbons (Fsp3) is 0.667. The molecule has 9 nitrogen and oxygen atoms in total. The maximum atomic E-state index is 12.0. The molecule has 12 heteroatoms. The fourth-order valence-corrected chi connectivity index (χ4v) is 3.71. The van der Waals surface area contributed by atoms with Crippen molar-refractivity contribution in [3.05, 3.63) is 0 Å². The van der Waals surface area contributed by atoms with Gasteiger partial charge in [0.15, 0.2) is 0 Å². The minimum absolute atomic E-state index is 0.118. The van der Waals surface area contributed by atoms with E-state index in [9.17, 15) is 13.7 Å². The molecule has 0 atom stereocenters. The number of rotatable bonds is 10. The Bertz CT molecular complexity index is 539. The zero-order chi connectivity index (χ0) is 18.5. The van der Waals surface area contributed by atoms with Crippen LogP contribution in [0.3, 0.4) is 0 Å². The quantitative estimate of drug-likeness (QED) is 0.399. The summed E-state index contributed by atoms with van der Waals surface area (Å²) in [7, 11) is -10.4. The number of hydrogen-bond donors (Lipinski definition) is 0. The average molecular weight is 402 g/mol. The van der Waals surface area contributed by atoms with Gasteiger partial charge in [0, 0.05) is 0 Å². The normalized spacial score (nSPS) is 11.2. The van der Waals surface area contributed by atoms with Crippen molar-refractivity contribution in [2.45, 2.75) is 27.7 Å². The molecule has 0 fully saturated rings. The van der Waals surface area contributed by atoms with Crippen LogP contribution in [0.15, 0.2) is 0 Å². The molecule has 0 aromatic carbocycles. The summed E-state index contributed by atoms with van der Waals surface area (Å²) in [5.41, 5.74) is 4.22. The molecule has 0 spiro atoms. The Hall–Kier alpha value is -0.750. The molecule has 0 aliphatic carbocycles. The van der Waals surface area contributed by atoms with Crippen molar-refractivity contribution in [3.8, 4) is 23.5 Å². The lowest BCUT2D eigenvalue weighted by atomic mass is 10.9. The van der Waals surface area contributed by atoms with Crippen LogP contribution in [0.4, 0.5) is 0 Å². The second kappa shape index (κ2) is 12.6. The smallest absolute Gasteiger partial charge is 0.363 e. The third-order valence-electron chi connectivity index (χ3n) is 1.83. The molecule has 0 saturated heterocycles. The SMILES string of the molecule is CCOP(=O)(C#CO[PH](=O)OC#CP(=O)(OCC)OCC)OCC. The Kier molecular flexibility index (Phi) is 12.2. The zero-order valence-corrected chi connectivity index (χ0v) is 16.7. The minimum Gasteiger partial charge on any atom is -0.363 e. The van der Waals surface area contributed by atoms with E-state index in [4.69, 9.17) is 18.1 Å². The lowest BCUT2D eigenvalue weighted by Crippen LogP contribution is -1.93. The van der Waals surface area contributed by atoms with Crippen LogP contribution in [-0.2, 0) is 40.8 Å². The Morgan fingerprint density at radius 1 is 0.708 bits per heavy atom. The molecule has 0 saturated carbocycles. The maximum absolute atomic E-state index is 12.0. The molecule has 138 valence electrons. The first-order valence-corrected chi connectivity index (χ1v) is 11.4. The van der Waals surface area contributed by atoms with E-state index in [2.05, 4.69) is 20.4 Å². The minimum atomic E-state index is -3.63. The second-order valence-electron chi connectivity index (χ2n) is 3.55. The first-order chi connectivity index (χ1) is 11.3. The topological polar surface area (TPSA) is 107 Å². The van der Waals surface area contributed by atoms with Crippen molar-refractivity contribution in [1.29, 1.82) is 0 Å². The highest BCUT2D eigenvalue weighted by molar-refractivity contribution is 7.59. The largest absolute Gasteiger partial charge is 0.435 e. The van der Waals surface area contributed by atoms with E-state index < -0.39 is 23.4 Å². The molecule has 0 heterocycles. The standard InChI is InChI=1S/C12H21O9P3/c1-5-18-23(14,19-6-2)11-9-16-22(13)17-10-12-24(15,20-7-3)21-8-4/h22H,5-8H2,1-4H3. The summed E-state index contributed by atoms with van der Waals surface area (Å²) in [6, 6.07) is 0. The van der Waals surface area contributed by atoms with Crippen molar-refractivity contribution in [2.75, 3.05) is 26.4 Å². The van der Waals surface area contributed by atoms with Gasteiger partial charge < -0.3 is 9.05 Å². The van der Waals surface area contributed by atoms with Gasteiger partial charge in [-0.2, -0.15) is 0 Å². The van der Waals surface area contributed by atoms with Gasteiger partial charge in [-0.1, -0.05) is 0 Å². The first kappa shape index (κ1) is 23.2. The average Bonchev–Trinajstić information content (AvgIpc) is 2.48. The molecule has 0 unspecified atom stereocenters. The third kappa shape index (κ3) is 10.2. The fourth-order valence-electron chi connectivity index (χ4n) is 1.15. The van der Waals surface area contributed by atoms with E-state index in [1.807, 2.05) is 12.2 Å². The Balaban J connectivity index is 4.68. The van der Waals surface area contributed by atoms with Crippen LogP contribution >= 0.6 is 23.4 Å². The van der Waals surface area contributed by atoms with Crippen LogP contribution in [0.2, 0.25) is 0 Å². The van der Waals surface area contributed by atoms with Gasteiger partial charge >= 0.3 is 23.4 Å². The van der Waals surface area contributed by atoms with Crippen molar-refractivity contribution in [3.63, 3.8) is 0 Å². The molecule has 0 rings (SSSR count). The third-order valence-corrected chi connectivity index (χ3v) is 5.49. The summed E-state index contributed by atoms with van der Waals surface area (Å²) < 4.78 is 63.9. The van der Waals surface area contributed by atoms with Crippen LogP contribution in [0, 0.1) is 23.5 Å². The van der Waals surface area contributed by atoms with Crippen molar-refractivity contribution >= 4 is 23.4 Å². The molecule has 0 N–H and O–H groups in total. The van der Waals surface area contributed by atoms with Crippen molar-refractivity contribution < 1.29 is 40.8 Å². The monoisotopic (exact) mass is 402 g/mol. The van der Waals surface area contributed by atoms with E-state index in [0.717, 1.165) is 0 Å². The summed E-state index contributed by atoms with van der Waals surface area (Å²) in [4.78, 5) is 0. The highest BCUT2D eigenvalue weighted by atomic mass is 31.2. The summed E-state index contributed by atoms with van der Waals surface area (Å²) in [5, 5.41) is 0. The van der Waals surface area contributed by atoms with Crippen LogP contribution in [0.25, 0.3) is 0 Å². The van der Waals surface area contributed by atoms with Gasteiger partial charge in [-0.15, -0.1) is 0 Å². The van der Waals surface area contributed by atoms with Gasteiger partial charge in [0.25, 0.3) is 0 Å². The molecule has 0 radical (unpaired) electrons. The van der Waals surface area contributed by atoms with Crippen LogP contribution in [0.1, 0.15) is 27.7 Å². The summed E-state index contributed by atoms with van der Waals surface area (Å²) in [6.45, 7) is 6.94. The van der Waals surface area contributed by atoms with E-state index >= 15 is 0 Å². The van der Waals surface area contributed by atoms with Crippen LogP contribution in [-0.4, -0.2) is 26.4 Å². The molecular weight excluding hydrogens is 381 g/mol. The molecule has 0 aromatic rings. The maximum Gasteiger partial charge on any atom is 0.435 e. The lowest BCUT2D eigenvalue weighted by Gasteiger charge is -2.09. The molecule has 0 bridgehead atoms. The molecule has 0 aliphatic heterocycles. The second-order valence-corrected chi connectivity index (χ2v) is 7.93. The zero-order valence-electron chi connectivity index (χ0n) is 13.9. The number of hydrogen-bond acceptors (Lipinski definition) is 9. The molecular formula is C12H21O9P3. The Morgan fingerprint density at radius 2 is 1.00 bits per heavy atom. The predicted octanol–water partition coefficient (Wildman–Crippen LogP) is 3.78. The van der Waals surface area contributed by atoms with Crippen LogP contribution < -0.4 is 0 Å². The summed E-state index contributed by atoms with van der Waals surface area (Å²) in [6.07, 6.45) is 3.88. The van der Waals surface area contributed by atoms with Crippen LogP contribution in [0.5, 0.6) is 0 Å².